The Labute approximate surface area is 154 Å². The first-order valence-corrected chi connectivity index (χ1v) is 8.39. The van der Waals surface area contributed by atoms with Gasteiger partial charge in [0.1, 0.15) is 11.6 Å². The fourth-order valence-electron chi connectivity index (χ4n) is 2.36. The Kier molecular flexibility index (Phi) is 6.75. The molecule has 1 aromatic heterocycles. The van der Waals surface area contributed by atoms with E-state index < -0.39 is 0 Å². The molecule has 2 N–H and O–H groups in total. The lowest BCUT2D eigenvalue weighted by atomic mass is 10.0. The van der Waals surface area contributed by atoms with Crippen molar-refractivity contribution in [3.05, 3.63) is 97.2 Å². The number of aliphatic hydroxyl groups excluding tert-OH is 1. The summed E-state index contributed by atoms with van der Waals surface area (Å²) in [6.45, 7) is 11.0. The first kappa shape index (κ1) is 19.0. The van der Waals surface area contributed by atoms with Gasteiger partial charge in [0, 0.05) is 5.56 Å². The average Bonchev–Trinajstić information content (AvgIpc) is 3.15. The van der Waals surface area contributed by atoms with Crippen LogP contribution in [0.4, 0.5) is 0 Å². The van der Waals surface area contributed by atoms with Gasteiger partial charge in [-0.2, -0.15) is 0 Å². The van der Waals surface area contributed by atoms with Crippen molar-refractivity contribution in [1.29, 1.82) is 0 Å². The van der Waals surface area contributed by atoms with Crippen LogP contribution in [0.2, 0.25) is 0 Å². The number of nitrogens with one attached hydrogen (secondary N) is 1. The van der Waals surface area contributed by atoms with Crippen molar-refractivity contribution >= 4 is 16.8 Å². The number of benzene rings is 2. The summed E-state index contributed by atoms with van der Waals surface area (Å²) < 4.78 is 0. The van der Waals surface area contributed by atoms with Gasteiger partial charge < -0.3 is 10.1 Å². The fourth-order valence-corrected chi connectivity index (χ4v) is 2.36. The molecule has 26 heavy (non-hydrogen) atoms. The molecule has 3 heteroatoms. The van der Waals surface area contributed by atoms with Crippen LogP contribution in [0, 0.1) is 0 Å². The van der Waals surface area contributed by atoms with Crippen molar-refractivity contribution in [2.45, 2.75) is 13.8 Å². The quantitative estimate of drug-likeness (QED) is 0.422. The minimum atomic E-state index is 0.276. The molecule has 1 heterocycles. The number of imidazole rings is 1. The van der Waals surface area contributed by atoms with Gasteiger partial charge in [-0.25, -0.2) is 4.98 Å². The van der Waals surface area contributed by atoms with Gasteiger partial charge in [0.05, 0.1) is 11.9 Å². The molecule has 0 amide bonds. The summed E-state index contributed by atoms with van der Waals surface area (Å²) in [5.74, 6) is 1.07. The second-order valence-corrected chi connectivity index (χ2v) is 5.81. The van der Waals surface area contributed by atoms with Gasteiger partial charge in [0.2, 0.25) is 0 Å². The van der Waals surface area contributed by atoms with E-state index in [1.807, 2.05) is 19.2 Å². The Hall–Kier alpha value is -3.33. The van der Waals surface area contributed by atoms with E-state index in [0.29, 0.717) is 0 Å². The van der Waals surface area contributed by atoms with Crippen LogP contribution in [0.1, 0.15) is 19.7 Å². The van der Waals surface area contributed by atoms with Crippen LogP contribution < -0.4 is 0 Å². The first-order chi connectivity index (χ1) is 12.5. The Bertz CT molecular complexity index is 956. The number of aromatic nitrogens is 2. The van der Waals surface area contributed by atoms with Crippen molar-refractivity contribution in [3.8, 4) is 11.3 Å². The Balaban J connectivity index is 0.000000232. The number of rotatable bonds is 4. The second-order valence-electron chi connectivity index (χ2n) is 5.81. The molecule has 2 aromatic carbocycles. The molecule has 132 valence electrons. The highest BCUT2D eigenvalue weighted by atomic mass is 16.3. The largest absolute Gasteiger partial charge is 0.508 e. The van der Waals surface area contributed by atoms with Crippen molar-refractivity contribution in [2.75, 3.05) is 0 Å². The number of hydrogen-bond acceptors (Lipinski definition) is 2. The van der Waals surface area contributed by atoms with E-state index in [2.05, 4.69) is 59.5 Å². The Morgan fingerprint density at radius 1 is 1.12 bits per heavy atom. The lowest BCUT2D eigenvalue weighted by Crippen LogP contribution is -1.81. The van der Waals surface area contributed by atoms with E-state index in [0.717, 1.165) is 17.1 Å². The molecule has 3 aromatic rings. The van der Waals surface area contributed by atoms with Crippen molar-refractivity contribution in [3.63, 3.8) is 0 Å². The zero-order valence-electron chi connectivity index (χ0n) is 15.2. The predicted octanol–water partition coefficient (Wildman–Crippen LogP) is 6.45. The maximum atomic E-state index is 8.84. The fraction of sp³-hybridized carbons (Fsp3) is 0.0870. The number of nitrogens with zero attached hydrogens (tertiary/aromatic N) is 1. The van der Waals surface area contributed by atoms with Crippen molar-refractivity contribution in [2.24, 2.45) is 0 Å². The summed E-state index contributed by atoms with van der Waals surface area (Å²) >= 11 is 0. The van der Waals surface area contributed by atoms with E-state index in [9.17, 15) is 0 Å². The molecule has 0 saturated carbocycles. The van der Waals surface area contributed by atoms with Gasteiger partial charge in [-0.3, -0.25) is 0 Å². The van der Waals surface area contributed by atoms with E-state index >= 15 is 0 Å². The molecule has 0 radical (unpaired) electrons. The van der Waals surface area contributed by atoms with E-state index in [1.54, 1.807) is 31.2 Å². The number of H-pyrrole nitrogens is 1. The predicted molar refractivity (Wildman–Crippen MR) is 112 cm³/mol. The summed E-state index contributed by atoms with van der Waals surface area (Å²) in [6, 6.07) is 14.6. The van der Waals surface area contributed by atoms with Crippen LogP contribution in [0.3, 0.4) is 0 Å². The monoisotopic (exact) mass is 344 g/mol. The molecule has 3 rings (SSSR count). The molecular formula is C23H24N2O. The molecular weight excluding hydrogens is 320 g/mol. The molecule has 0 spiro atoms. The zero-order chi connectivity index (χ0) is 18.9. The molecule has 0 bridgehead atoms. The third kappa shape index (κ3) is 5.08. The molecule has 0 aliphatic heterocycles. The van der Waals surface area contributed by atoms with Crippen molar-refractivity contribution < 1.29 is 5.11 Å². The van der Waals surface area contributed by atoms with Crippen LogP contribution in [-0.2, 0) is 0 Å². The summed E-state index contributed by atoms with van der Waals surface area (Å²) in [6.07, 6.45) is 8.56. The first-order valence-electron chi connectivity index (χ1n) is 8.39. The van der Waals surface area contributed by atoms with E-state index in [-0.39, 0.29) is 5.76 Å². The van der Waals surface area contributed by atoms with Crippen LogP contribution >= 0.6 is 0 Å². The standard InChI is InChI=1S/C15H12N2.C8H12O/c1-2-15-16-10-14(17-15)13-9-5-7-11-6-3-4-8-12(11)13;1-4-8(9)6-5-7(2)3/h2-10H,1H2,(H,16,17);4-6,9H,2H2,1,3H3/b;6-5-,8-4+. The number of aromatic amines is 1. The maximum Gasteiger partial charge on any atom is 0.129 e. The summed E-state index contributed by atoms with van der Waals surface area (Å²) in [5, 5.41) is 11.3. The molecule has 0 aliphatic carbocycles. The molecule has 0 fully saturated rings. The second kappa shape index (κ2) is 9.23. The topological polar surface area (TPSA) is 48.9 Å². The molecule has 0 atom stereocenters. The van der Waals surface area contributed by atoms with Crippen LogP contribution in [0.5, 0.6) is 0 Å². The van der Waals surface area contributed by atoms with Gasteiger partial charge in [-0.05, 0) is 42.8 Å². The lowest BCUT2D eigenvalue weighted by Gasteiger charge is -2.03. The minimum absolute atomic E-state index is 0.276. The van der Waals surface area contributed by atoms with Gasteiger partial charge in [0.25, 0.3) is 0 Å². The molecule has 0 aliphatic rings. The Morgan fingerprint density at radius 3 is 2.50 bits per heavy atom. The summed E-state index contributed by atoms with van der Waals surface area (Å²) in [4.78, 5) is 7.49. The number of hydrogen-bond donors (Lipinski definition) is 2. The highest BCUT2D eigenvalue weighted by Gasteiger charge is 2.05. The smallest absolute Gasteiger partial charge is 0.129 e. The molecule has 0 unspecified atom stereocenters. The highest BCUT2D eigenvalue weighted by Crippen LogP contribution is 2.27. The van der Waals surface area contributed by atoms with Crippen molar-refractivity contribution in [1.82, 2.24) is 9.97 Å². The normalized spacial score (nSPS) is 11.2. The third-order valence-electron chi connectivity index (χ3n) is 3.70. The average molecular weight is 344 g/mol. The maximum absolute atomic E-state index is 8.84. The lowest BCUT2D eigenvalue weighted by molar-refractivity contribution is 0.431. The van der Waals surface area contributed by atoms with Crippen LogP contribution in [0.15, 0.2) is 91.4 Å². The third-order valence-corrected chi connectivity index (χ3v) is 3.70. The Morgan fingerprint density at radius 2 is 1.85 bits per heavy atom. The van der Waals surface area contributed by atoms with Crippen LogP contribution in [-0.4, -0.2) is 15.1 Å². The summed E-state index contributed by atoms with van der Waals surface area (Å²) in [5.41, 5.74) is 3.13. The number of fused-ring (bicyclic) bond motifs is 1. The van der Waals surface area contributed by atoms with Gasteiger partial charge >= 0.3 is 0 Å². The highest BCUT2D eigenvalue weighted by molar-refractivity contribution is 5.95. The van der Waals surface area contributed by atoms with Gasteiger partial charge in [-0.15, -0.1) is 0 Å². The summed E-state index contributed by atoms with van der Waals surface area (Å²) in [7, 11) is 0. The molecule has 3 nitrogen and oxygen atoms in total. The van der Waals surface area contributed by atoms with E-state index in [4.69, 9.17) is 5.11 Å². The number of allylic oxidation sites excluding steroid dienone is 4. The van der Waals surface area contributed by atoms with E-state index in [1.165, 1.54) is 16.3 Å². The number of aliphatic hydroxyl groups is 1. The molecule has 0 saturated heterocycles. The zero-order valence-corrected chi connectivity index (χ0v) is 15.2. The van der Waals surface area contributed by atoms with Gasteiger partial charge in [-0.1, -0.05) is 67.3 Å². The SMILES string of the molecule is C=C(C)/C=C\C(O)=C/C.C=Cc1ncc(-c2cccc3ccccc23)[nH]1. The minimum Gasteiger partial charge on any atom is -0.508 e. The van der Waals surface area contributed by atoms with Crippen LogP contribution in [0.25, 0.3) is 28.1 Å². The van der Waals surface area contributed by atoms with Gasteiger partial charge in [0.15, 0.2) is 0 Å².